The van der Waals surface area contributed by atoms with Crippen LogP contribution in [-0.2, 0) is 11.2 Å². The summed E-state index contributed by atoms with van der Waals surface area (Å²) in [5, 5.41) is 11.3. The zero-order valence-corrected chi connectivity index (χ0v) is 21.7. The SMILES string of the molecule is CCCC(=O)Nc1cc(CC)cc(-c2cnc3n[nH]c(-c4nc5c(-c6cccc(F)c6)cccc5[nH]4)c3c2)c1. The van der Waals surface area contributed by atoms with Gasteiger partial charge >= 0.3 is 0 Å². The first-order valence-corrected chi connectivity index (χ1v) is 13.1. The maximum atomic E-state index is 13.9. The first-order valence-electron chi connectivity index (χ1n) is 13.1. The van der Waals surface area contributed by atoms with Gasteiger partial charge < -0.3 is 10.3 Å². The van der Waals surface area contributed by atoms with Gasteiger partial charge in [0, 0.05) is 29.4 Å². The van der Waals surface area contributed by atoms with Crippen molar-refractivity contribution < 1.29 is 9.18 Å². The van der Waals surface area contributed by atoms with E-state index < -0.39 is 0 Å². The van der Waals surface area contributed by atoms with Gasteiger partial charge in [0.15, 0.2) is 11.5 Å². The summed E-state index contributed by atoms with van der Waals surface area (Å²) in [6.45, 7) is 4.08. The van der Waals surface area contributed by atoms with Crippen molar-refractivity contribution in [2.45, 2.75) is 33.1 Å². The van der Waals surface area contributed by atoms with Crippen molar-refractivity contribution in [3.63, 3.8) is 0 Å². The Morgan fingerprint density at radius 3 is 2.67 bits per heavy atom. The number of H-pyrrole nitrogens is 2. The Hall–Kier alpha value is -4.85. The number of carbonyl (C=O) groups is 1. The van der Waals surface area contributed by atoms with Gasteiger partial charge in [-0.25, -0.2) is 14.4 Å². The van der Waals surface area contributed by atoms with Gasteiger partial charge in [0.05, 0.1) is 16.4 Å². The average Bonchev–Trinajstić information content (AvgIpc) is 3.56. The Kier molecular flexibility index (Phi) is 6.36. The average molecular weight is 519 g/mol. The molecule has 0 radical (unpaired) electrons. The minimum absolute atomic E-state index is 0.00453. The number of aryl methyl sites for hydroxylation is 1. The topological polar surface area (TPSA) is 99.3 Å². The van der Waals surface area contributed by atoms with Crippen molar-refractivity contribution in [3.8, 4) is 33.8 Å². The molecular formula is C31H27FN6O. The monoisotopic (exact) mass is 518 g/mol. The molecule has 0 aliphatic carbocycles. The third-order valence-corrected chi connectivity index (χ3v) is 6.79. The fraction of sp³-hybridized carbons (Fsp3) is 0.161. The molecule has 0 bridgehead atoms. The third-order valence-electron chi connectivity index (χ3n) is 6.79. The molecule has 7 nitrogen and oxygen atoms in total. The summed E-state index contributed by atoms with van der Waals surface area (Å²) in [6, 6.07) is 20.4. The number of hydrogen-bond acceptors (Lipinski definition) is 4. The predicted octanol–water partition coefficient (Wildman–Crippen LogP) is 7.28. The molecule has 3 aromatic carbocycles. The van der Waals surface area contributed by atoms with E-state index in [4.69, 9.17) is 4.98 Å². The molecule has 3 heterocycles. The number of fused-ring (bicyclic) bond motifs is 2. The maximum Gasteiger partial charge on any atom is 0.224 e. The highest BCUT2D eigenvalue weighted by Crippen LogP contribution is 2.33. The number of pyridine rings is 1. The van der Waals surface area contributed by atoms with E-state index in [9.17, 15) is 9.18 Å². The summed E-state index contributed by atoms with van der Waals surface area (Å²) in [5.74, 6) is 0.327. The van der Waals surface area contributed by atoms with Crippen LogP contribution in [-0.4, -0.2) is 31.1 Å². The van der Waals surface area contributed by atoms with Gasteiger partial charge in [-0.15, -0.1) is 0 Å². The Morgan fingerprint density at radius 1 is 0.974 bits per heavy atom. The van der Waals surface area contributed by atoms with Crippen LogP contribution in [0.2, 0.25) is 0 Å². The molecule has 0 atom stereocenters. The van der Waals surface area contributed by atoms with Crippen LogP contribution in [0.15, 0.2) is 72.9 Å². The van der Waals surface area contributed by atoms with Crippen LogP contribution in [0.1, 0.15) is 32.3 Å². The van der Waals surface area contributed by atoms with Crippen LogP contribution in [0.4, 0.5) is 10.1 Å². The van der Waals surface area contributed by atoms with Crippen LogP contribution < -0.4 is 5.32 Å². The standard InChI is InChI=1S/C31H27FN6O/c1-3-7-27(39)34-23-13-18(4-2)12-20(15-23)21-16-25-29(37-38-30(25)33-17-21)31-35-26-11-6-10-24(28(26)36-31)19-8-5-9-22(32)14-19/h5-6,8-17H,3-4,7H2,1-2H3,(H,34,39)(H,35,36)(H,33,37,38). The smallest absolute Gasteiger partial charge is 0.224 e. The lowest BCUT2D eigenvalue weighted by atomic mass is 10.0. The summed E-state index contributed by atoms with van der Waals surface area (Å²) in [6.07, 6.45) is 3.90. The van der Waals surface area contributed by atoms with E-state index in [0.29, 0.717) is 23.6 Å². The van der Waals surface area contributed by atoms with Gasteiger partial charge in [0.1, 0.15) is 11.5 Å². The van der Waals surface area contributed by atoms with E-state index in [1.807, 2.05) is 49.4 Å². The molecule has 0 aliphatic rings. The normalized spacial score (nSPS) is 11.4. The van der Waals surface area contributed by atoms with E-state index in [-0.39, 0.29) is 11.7 Å². The molecule has 0 aliphatic heterocycles. The molecule has 39 heavy (non-hydrogen) atoms. The highest BCUT2D eigenvalue weighted by molar-refractivity contribution is 5.97. The zero-order valence-electron chi connectivity index (χ0n) is 21.7. The van der Waals surface area contributed by atoms with Gasteiger partial charge in [0.2, 0.25) is 5.91 Å². The fourth-order valence-corrected chi connectivity index (χ4v) is 4.86. The summed E-state index contributed by atoms with van der Waals surface area (Å²) in [7, 11) is 0. The number of para-hydroxylation sites is 1. The van der Waals surface area contributed by atoms with Gasteiger partial charge in [-0.3, -0.25) is 9.89 Å². The van der Waals surface area contributed by atoms with Gasteiger partial charge in [-0.2, -0.15) is 5.10 Å². The van der Waals surface area contributed by atoms with Crippen molar-refractivity contribution in [2.24, 2.45) is 0 Å². The number of rotatable bonds is 7. The van der Waals surface area contributed by atoms with Crippen LogP contribution in [0.5, 0.6) is 0 Å². The number of imidazole rings is 1. The van der Waals surface area contributed by atoms with Crippen LogP contribution in [0.3, 0.4) is 0 Å². The second-order valence-electron chi connectivity index (χ2n) is 9.56. The van der Waals surface area contributed by atoms with E-state index in [0.717, 1.165) is 62.8 Å². The highest BCUT2D eigenvalue weighted by Gasteiger charge is 2.17. The van der Waals surface area contributed by atoms with E-state index >= 15 is 0 Å². The Morgan fingerprint density at radius 2 is 1.85 bits per heavy atom. The maximum absolute atomic E-state index is 13.9. The summed E-state index contributed by atoms with van der Waals surface area (Å²) >= 11 is 0. The molecule has 0 saturated heterocycles. The van der Waals surface area contributed by atoms with Gasteiger partial charge in [-0.1, -0.05) is 44.2 Å². The van der Waals surface area contributed by atoms with Crippen LogP contribution in [0.25, 0.3) is 55.8 Å². The summed E-state index contributed by atoms with van der Waals surface area (Å²) in [4.78, 5) is 25.1. The van der Waals surface area contributed by atoms with Crippen LogP contribution in [0, 0.1) is 5.82 Å². The lowest BCUT2D eigenvalue weighted by Crippen LogP contribution is -2.10. The Labute approximate surface area is 224 Å². The summed E-state index contributed by atoms with van der Waals surface area (Å²) in [5.41, 5.74) is 8.22. The molecule has 0 spiro atoms. The molecule has 3 aromatic heterocycles. The van der Waals surface area contributed by atoms with Crippen molar-refractivity contribution in [2.75, 3.05) is 5.32 Å². The first-order chi connectivity index (χ1) is 19.0. The molecule has 0 saturated carbocycles. The minimum atomic E-state index is -0.293. The van der Waals surface area contributed by atoms with Crippen molar-refractivity contribution >= 4 is 33.7 Å². The predicted molar refractivity (Wildman–Crippen MR) is 153 cm³/mol. The molecule has 1 amide bonds. The van der Waals surface area contributed by atoms with Crippen LogP contribution >= 0.6 is 0 Å². The van der Waals surface area contributed by atoms with Crippen molar-refractivity contribution in [1.82, 2.24) is 25.1 Å². The second kappa shape index (κ2) is 10.1. The fourth-order valence-electron chi connectivity index (χ4n) is 4.86. The molecule has 6 rings (SSSR count). The number of anilines is 1. The van der Waals surface area contributed by atoms with Gasteiger partial charge in [-0.05, 0) is 65.9 Å². The third kappa shape index (κ3) is 4.77. The Balaban J connectivity index is 1.43. The molecule has 194 valence electrons. The molecular weight excluding hydrogens is 491 g/mol. The summed E-state index contributed by atoms with van der Waals surface area (Å²) < 4.78 is 13.9. The zero-order chi connectivity index (χ0) is 26.9. The molecule has 3 N–H and O–H groups in total. The largest absolute Gasteiger partial charge is 0.337 e. The molecule has 8 heteroatoms. The number of amides is 1. The molecule has 0 fully saturated rings. The number of hydrogen-bond donors (Lipinski definition) is 3. The number of aromatic nitrogens is 5. The second-order valence-corrected chi connectivity index (χ2v) is 9.56. The number of halogens is 1. The highest BCUT2D eigenvalue weighted by atomic mass is 19.1. The lowest BCUT2D eigenvalue weighted by molar-refractivity contribution is -0.116. The number of nitrogens with zero attached hydrogens (tertiary/aromatic N) is 3. The lowest BCUT2D eigenvalue weighted by Gasteiger charge is -2.10. The number of benzene rings is 3. The quantitative estimate of drug-likeness (QED) is 0.207. The van der Waals surface area contributed by atoms with E-state index in [2.05, 4.69) is 38.5 Å². The van der Waals surface area contributed by atoms with Crippen molar-refractivity contribution in [3.05, 3.63) is 84.3 Å². The number of nitrogens with one attached hydrogen (secondary N) is 3. The molecule has 6 aromatic rings. The first kappa shape index (κ1) is 24.5. The minimum Gasteiger partial charge on any atom is -0.337 e. The van der Waals surface area contributed by atoms with E-state index in [1.165, 1.54) is 12.1 Å². The number of carbonyl (C=O) groups excluding carboxylic acids is 1. The van der Waals surface area contributed by atoms with E-state index in [1.54, 1.807) is 12.3 Å². The molecule has 0 unspecified atom stereocenters. The number of aromatic amines is 2. The van der Waals surface area contributed by atoms with Gasteiger partial charge in [0.25, 0.3) is 0 Å². The Bertz CT molecular complexity index is 1840. The van der Waals surface area contributed by atoms with Crippen molar-refractivity contribution in [1.29, 1.82) is 0 Å².